The number of rotatable bonds is 9. The van der Waals surface area contributed by atoms with Crippen molar-refractivity contribution in [1.82, 2.24) is 9.73 Å². The summed E-state index contributed by atoms with van der Waals surface area (Å²) in [7, 11) is -0.0689. The van der Waals surface area contributed by atoms with Crippen LogP contribution in [0.2, 0.25) is 0 Å². The first-order valence-electron chi connectivity index (χ1n) is 8.43. The van der Waals surface area contributed by atoms with Crippen LogP contribution >= 0.6 is 0 Å². The van der Waals surface area contributed by atoms with E-state index in [1.807, 2.05) is 0 Å². The molecule has 2 aromatic carbocycles. The van der Waals surface area contributed by atoms with Gasteiger partial charge in [0.15, 0.2) is 0 Å². The van der Waals surface area contributed by atoms with Crippen molar-refractivity contribution in [2.45, 2.75) is 4.90 Å². The van der Waals surface area contributed by atoms with E-state index in [9.17, 15) is 23.3 Å². The highest BCUT2D eigenvalue weighted by Crippen LogP contribution is 2.30. The maximum atomic E-state index is 12.8. The van der Waals surface area contributed by atoms with Crippen molar-refractivity contribution < 1.29 is 27.6 Å². The van der Waals surface area contributed by atoms with E-state index in [1.54, 1.807) is 6.07 Å². The quantitative estimate of drug-likeness (QED) is 0.356. The molecule has 0 saturated carbocycles. The van der Waals surface area contributed by atoms with E-state index in [4.69, 9.17) is 9.47 Å². The predicted octanol–water partition coefficient (Wildman–Crippen LogP) is 1.38. The highest BCUT2D eigenvalue weighted by molar-refractivity contribution is 7.89. The standard InChI is InChI=1S/C18H20N4O7S/c1-21(30(26,27)17-10-15(28-2)8-9-16(17)29-3)12-18(23)20-19-11-13-4-6-14(7-5-13)22(24)25/h4-11H,12H2,1-3H3,(H,20,23)/b19-11-. The van der Waals surface area contributed by atoms with Crippen LogP contribution in [0, 0.1) is 10.1 Å². The van der Waals surface area contributed by atoms with Gasteiger partial charge in [-0.25, -0.2) is 13.8 Å². The van der Waals surface area contributed by atoms with Gasteiger partial charge in [-0.2, -0.15) is 9.41 Å². The van der Waals surface area contributed by atoms with E-state index in [0.717, 1.165) is 4.31 Å². The highest BCUT2D eigenvalue weighted by Gasteiger charge is 2.27. The number of nitro benzene ring substituents is 1. The van der Waals surface area contributed by atoms with Gasteiger partial charge in [0, 0.05) is 25.2 Å². The fourth-order valence-corrected chi connectivity index (χ4v) is 3.63. The largest absolute Gasteiger partial charge is 0.497 e. The Bertz CT molecular complexity index is 1050. The molecule has 0 aliphatic heterocycles. The van der Waals surface area contributed by atoms with Gasteiger partial charge in [-0.3, -0.25) is 14.9 Å². The van der Waals surface area contributed by atoms with Gasteiger partial charge in [0.25, 0.3) is 11.6 Å². The number of nitro groups is 1. The average Bonchev–Trinajstić information content (AvgIpc) is 2.73. The van der Waals surface area contributed by atoms with Crippen LogP contribution in [0.15, 0.2) is 52.5 Å². The summed E-state index contributed by atoms with van der Waals surface area (Å²) in [6.07, 6.45) is 1.28. The number of carbonyl (C=O) groups excluding carboxylic acids is 1. The van der Waals surface area contributed by atoms with Gasteiger partial charge >= 0.3 is 0 Å². The van der Waals surface area contributed by atoms with Crippen LogP contribution < -0.4 is 14.9 Å². The Labute approximate surface area is 173 Å². The molecule has 0 aliphatic rings. The van der Waals surface area contributed by atoms with Crippen molar-refractivity contribution in [1.29, 1.82) is 0 Å². The summed E-state index contributed by atoms with van der Waals surface area (Å²) in [4.78, 5) is 22.0. The fourth-order valence-electron chi connectivity index (χ4n) is 2.34. The van der Waals surface area contributed by atoms with Crippen LogP contribution in [0.5, 0.6) is 11.5 Å². The van der Waals surface area contributed by atoms with E-state index in [1.165, 1.54) is 63.9 Å². The van der Waals surface area contributed by atoms with Gasteiger partial charge in [-0.15, -0.1) is 0 Å². The summed E-state index contributed by atoms with van der Waals surface area (Å²) in [5.41, 5.74) is 2.65. The van der Waals surface area contributed by atoms with E-state index in [2.05, 4.69) is 10.5 Å². The lowest BCUT2D eigenvalue weighted by molar-refractivity contribution is -0.384. The number of hydrazone groups is 1. The predicted molar refractivity (Wildman–Crippen MR) is 108 cm³/mol. The number of nitrogens with one attached hydrogen (secondary N) is 1. The molecule has 0 bridgehead atoms. The third kappa shape index (κ3) is 5.52. The van der Waals surface area contributed by atoms with Gasteiger partial charge in [0.05, 0.1) is 31.9 Å². The smallest absolute Gasteiger partial charge is 0.269 e. The number of likely N-dealkylation sites (N-methyl/N-ethyl adjacent to an activating group) is 1. The summed E-state index contributed by atoms with van der Waals surface area (Å²) in [5, 5.41) is 14.3. The van der Waals surface area contributed by atoms with Crippen molar-refractivity contribution in [2.75, 3.05) is 27.8 Å². The van der Waals surface area contributed by atoms with Crippen LogP contribution in [0.3, 0.4) is 0 Å². The minimum atomic E-state index is -4.05. The molecule has 0 aliphatic carbocycles. The van der Waals surface area contributed by atoms with E-state index in [-0.39, 0.29) is 16.3 Å². The van der Waals surface area contributed by atoms with Crippen molar-refractivity contribution in [2.24, 2.45) is 5.10 Å². The number of carbonyl (C=O) groups is 1. The van der Waals surface area contributed by atoms with E-state index >= 15 is 0 Å². The molecule has 12 heteroatoms. The molecule has 2 aromatic rings. The number of hydrogen-bond donors (Lipinski definition) is 1. The third-order valence-electron chi connectivity index (χ3n) is 3.93. The highest BCUT2D eigenvalue weighted by atomic mass is 32.2. The maximum Gasteiger partial charge on any atom is 0.269 e. The fraction of sp³-hybridized carbons (Fsp3) is 0.222. The average molecular weight is 436 g/mol. The van der Waals surface area contributed by atoms with Crippen LogP contribution in [0.1, 0.15) is 5.56 Å². The number of non-ortho nitro benzene ring substituents is 1. The molecule has 2 rings (SSSR count). The molecule has 11 nitrogen and oxygen atoms in total. The van der Waals surface area contributed by atoms with Crippen LogP contribution in [-0.4, -0.2) is 57.6 Å². The first-order valence-corrected chi connectivity index (χ1v) is 9.87. The molecule has 1 N–H and O–H groups in total. The summed E-state index contributed by atoms with van der Waals surface area (Å²) >= 11 is 0. The van der Waals surface area contributed by atoms with E-state index in [0.29, 0.717) is 11.3 Å². The van der Waals surface area contributed by atoms with E-state index < -0.39 is 27.4 Å². The van der Waals surface area contributed by atoms with Crippen LogP contribution in [0.4, 0.5) is 5.69 Å². The summed E-state index contributed by atoms with van der Waals surface area (Å²) in [6, 6.07) is 9.82. The van der Waals surface area contributed by atoms with Gasteiger partial charge in [-0.1, -0.05) is 0 Å². The lowest BCUT2D eigenvalue weighted by Crippen LogP contribution is -2.36. The Hall–Kier alpha value is -3.51. The molecular weight excluding hydrogens is 416 g/mol. The van der Waals surface area contributed by atoms with Crippen molar-refractivity contribution >= 4 is 27.8 Å². The van der Waals surface area contributed by atoms with Crippen molar-refractivity contribution in [3.8, 4) is 11.5 Å². The van der Waals surface area contributed by atoms with Crippen molar-refractivity contribution in [3.63, 3.8) is 0 Å². The molecule has 30 heavy (non-hydrogen) atoms. The number of ether oxygens (including phenoxy) is 2. The van der Waals surface area contributed by atoms with Crippen molar-refractivity contribution in [3.05, 3.63) is 58.1 Å². The third-order valence-corrected chi connectivity index (χ3v) is 5.76. The van der Waals surface area contributed by atoms with Crippen LogP contribution in [0.25, 0.3) is 0 Å². The second-order valence-corrected chi connectivity index (χ2v) is 7.93. The van der Waals surface area contributed by atoms with Gasteiger partial charge < -0.3 is 9.47 Å². The number of amides is 1. The molecular formula is C18H20N4O7S. The summed E-state index contributed by atoms with van der Waals surface area (Å²) in [5.74, 6) is -0.250. The number of nitrogens with zero attached hydrogens (tertiary/aromatic N) is 3. The van der Waals surface area contributed by atoms with Gasteiger partial charge in [-0.05, 0) is 29.8 Å². The Balaban J connectivity index is 2.05. The zero-order valence-electron chi connectivity index (χ0n) is 16.4. The van der Waals surface area contributed by atoms with Crippen LogP contribution in [-0.2, 0) is 14.8 Å². The molecule has 0 fully saturated rings. The zero-order chi connectivity index (χ0) is 22.3. The SMILES string of the molecule is COc1ccc(OC)c(S(=O)(=O)N(C)CC(=O)N/N=C\c2ccc([N+](=O)[O-])cc2)c1. The number of sulfonamides is 1. The molecule has 0 saturated heterocycles. The topological polar surface area (TPSA) is 140 Å². The zero-order valence-corrected chi connectivity index (χ0v) is 17.3. The Morgan fingerprint density at radius 3 is 2.43 bits per heavy atom. The summed E-state index contributed by atoms with van der Waals surface area (Å²) < 4.78 is 36.6. The first kappa shape index (κ1) is 22.8. The van der Waals surface area contributed by atoms with Gasteiger partial charge in [0.2, 0.25) is 10.0 Å². The normalized spacial score (nSPS) is 11.5. The number of methoxy groups -OCH3 is 2. The Morgan fingerprint density at radius 2 is 1.87 bits per heavy atom. The Kier molecular flexibility index (Phi) is 7.44. The molecule has 160 valence electrons. The number of hydrogen-bond acceptors (Lipinski definition) is 8. The summed E-state index contributed by atoms with van der Waals surface area (Å²) in [6.45, 7) is -0.500. The molecule has 0 atom stereocenters. The Morgan fingerprint density at radius 1 is 1.20 bits per heavy atom. The molecule has 0 radical (unpaired) electrons. The molecule has 1 amide bonds. The maximum absolute atomic E-state index is 12.8. The molecule has 0 heterocycles. The lowest BCUT2D eigenvalue weighted by atomic mass is 10.2. The monoisotopic (exact) mass is 436 g/mol. The minimum Gasteiger partial charge on any atom is -0.497 e. The molecule has 0 aromatic heterocycles. The number of benzene rings is 2. The molecule has 0 unspecified atom stereocenters. The molecule has 0 spiro atoms. The lowest BCUT2D eigenvalue weighted by Gasteiger charge is -2.18. The second-order valence-electron chi connectivity index (χ2n) is 5.92. The van der Waals surface area contributed by atoms with Gasteiger partial charge in [0.1, 0.15) is 16.4 Å². The minimum absolute atomic E-state index is 0.0732. The first-order chi connectivity index (χ1) is 14.2. The second kappa shape index (κ2) is 9.80.